The molecule has 1 unspecified atom stereocenters. The summed E-state index contributed by atoms with van der Waals surface area (Å²) in [6, 6.07) is 8.08. The summed E-state index contributed by atoms with van der Waals surface area (Å²) < 4.78 is 25.2. The molecule has 5 rings (SSSR count). The molecule has 1 saturated heterocycles. The Bertz CT molecular complexity index is 1310. The lowest BCUT2D eigenvalue weighted by Gasteiger charge is -2.36. The summed E-state index contributed by atoms with van der Waals surface area (Å²) in [4.78, 5) is 21.0. The van der Waals surface area contributed by atoms with Crippen LogP contribution >= 0.6 is 0 Å². The fraction of sp³-hybridized carbons (Fsp3) is 0.292. The average molecular weight is 462 g/mol. The second-order valence-electron chi connectivity index (χ2n) is 8.26. The number of ether oxygens (including phenoxy) is 1. The van der Waals surface area contributed by atoms with Crippen LogP contribution in [0.5, 0.6) is 0 Å². The van der Waals surface area contributed by atoms with Crippen molar-refractivity contribution in [3.8, 4) is 17.1 Å². The van der Waals surface area contributed by atoms with E-state index in [4.69, 9.17) is 9.26 Å². The fourth-order valence-electron chi connectivity index (χ4n) is 4.15. The van der Waals surface area contributed by atoms with E-state index >= 15 is 0 Å². The van der Waals surface area contributed by atoms with Gasteiger partial charge in [0.15, 0.2) is 0 Å². The Labute approximate surface area is 195 Å². The quantitative estimate of drug-likeness (QED) is 0.449. The molecule has 1 fully saturated rings. The number of benzene rings is 2. The van der Waals surface area contributed by atoms with Gasteiger partial charge in [0.1, 0.15) is 5.82 Å². The number of carbonyl (C=O) groups is 1. The van der Waals surface area contributed by atoms with E-state index in [1.54, 1.807) is 29.4 Å². The van der Waals surface area contributed by atoms with Crippen molar-refractivity contribution < 1.29 is 18.4 Å². The number of hydrogen-bond acceptors (Lipinski definition) is 7. The molecule has 0 radical (unpaired) electrons. The summed E-state index contributed by atoms with van der Waals surface area (Å²) in [5.41, 5.74) is 4.21. The minimum atomic E-state index is -0.363. The number of halogens is 1. The highest BCUT2D eigenvalue weighted by atomic mass is 19.1. The SMILES string of the molecule is Cc1cc(C(=O)N2CCOCC2Cc2cc(-c3ncon3)ccc2F)c(-n2nccn2)cc1C. The number of amides is 1. The van der Waals surface area contributed by atoms with Gasteiger partial charge in [0, 0.05) is 12.1 Å². The molecule has 34 heavy (non-hydrogen) atoms. The first-order valence-electron chi connectivity index (χ1n) is 10.9. The summed E-state index contributed by atoms with van der Waals surface area (Å²) in [6.45, 7) is 5.05. The molecule has 0 aliphatic carbocycles. The molecule has 2 aromatic heterocycles. The Morgan fingerprint density at radius 1 is 1.15 bits per heavy atom. The third-order valence-corrected chi connectivity index (χ3v) is 6.09. The average Bonchev–Trinajstić information content (AvgIpc) is 3.57. The van der Waals surface area contributed by atoms with Gasteiger partial charge in [0.25, 0.3) is 5.91 Å². The summed E-state index contributed by atoms with van der Waals surface area (Å²) in [7, 11) is 0. The van der Waals surface area contributed by atoms with Gasteiger partial charge in [-0.1, -0.05) is 5.16 Å². The van der Waals surface area contributed by atoms with Crippen LogP contribution < -0.4 is 0 Å². The second-order valence-corrected chi connectivity index (χ2v) is 8.26. The zero-order valence-electron chi connectivity index (χ0n) is 18.8. The van der Waals surface area contributed by atoms with E-state index in [1.807, 2.05) is 26.0 Å². The largest absolute Gasteiger partial charge is 0.377 e. The Kier molecular flexibility index (Phi) is 5.89. The van der Waals surface area contributed by atoms with Crippen LogP contribution in [0.25, 0.3) is 17.1 Å². The van der Waals surface area contributed by atoms with Crippen molar-refractivity contribution in [2.24, 2.45) is 0 Å². The lowest BCUT2D eigenvalue weighted by molar-refractivity contribution is -0.00185. The van der Waals surface area contributed by atoms with Crippen molar-refractivity contribution in [2.45, 2.75) is 26.3 Å². The molecule has 0 saturated carbocycles. The Balaban J connectivity index is 1.47. The molecule has 1 amide bonds. The van der Waals surface area contributed by atoms with Crippen LogP contribution in [0.3, 0.4) is 0 Å². The number of rotatable bonds is 5. The highest BCUT2D eigenvalue weighted by Crippen LogP contribution is 2.25. The van der Waals surface area contributed by atoms with Crippen LogP contribution in [-0.2, 0) is 11.2 Å². The van der Waals surface area contributed by atoms with Crippen LogP contribution in [-0.4, -0.2) is 61.7 Å². The zero-order chi connectivity index (χ0) is 23.7. The topological polar surface area (TPSA) is 99.2 Å². The molecule has 1 aliphatic heterocycles. The van der Waals surface area contributed by atoms with Gasteiger partial charge in [-0.05, 0) is 67.3 Å². The van der Waals surface area contributed by atoms with E-state index in [0.29, 0.717) is 48.0 Å². The van der Waals surface area contributed by atoms with Crippen LogP contribution in [0.1, 0.15) is 27.0 Å². The molecule has 0 bridgehead atoms. The van der Waals surface area contributed by atoms with Crippen molar-refractivity contribution in [1.29, 1.82) is 0 Å². The van der Waals surface area contributed by atoms with Crippen molar-refractivity contribution in [3.63, 3.8) is 0 Å². The van der Waals surface area contributed by atoms with E-state index in [2.05, 4.69) is 20.3 Å². The number of aromatic nitrogens is 5. The highest BCUT2D eigenvalue weighted by Gasteiger charge is 2.31. The lowest BCUT2D eigenvalue weighted by Crippen LogP contribution is -2.50. The predicted molar refractivity (Wildman–Crippen MR) is 120 cm³/mol. The zero-order valence-corrected chi connectivity index (χ0v) is 18.8. The van der Waals surface area contributed by atoms with Crippen LogP contribution in [0.2, 0.25) is 0 Å². The van der Waals surface area contributed by atoms with E-state index in [-0.39, 0.29) is 24.2 Å². The van der Waals surface area contributed by atoms with E-state index < -0.39 is 0 Å². The van der Waals surface area contributed by atoms with Crippen molar-refractivity contribution in [2.75, 3.05) is 19.8 Å². The highest BCUT2D eigenvalue weighted by molar-refractivity contribution is 5.98. The number of morpholine rings is 1. The number of nitrogens with zero attached hydrogens (tertiary/aromatic N) is 6. The maximum absolute atomic E-state index is 14.7. The molecule has 2 aromatic carbocycles. The minimum absolute atomic E-state index is 0.168. The third kappa shape index (κ3) is 4.19. The Morgan fingerprint density at radius 3 is 2.71 bits per heavy atom. The van der Waals surface area contributed by atoms with Gasteiger partial charge >= 0.3 is 0 Å². The number of carbonyl (C=O) groups excluding carboxylic acids is 1. The standard InChI is InChI=1S/C24H23FN6O3/c1-15-9-20(22(10-16(15)2)31-27-5-6-28-31)24(32)30-7-8-33-13-19(30)12-18-11-17(3-4-21(18)25)23-26-14-34-29-23/h3-6,9-11,14,19H,7-8,12-13H2,1-2H3. The van der Waals surface area contributed by atoms with Gasteiger partial charge in [0.2, 0.25) is 12.2 Å². The van der Waals surface area contributed by atoms with E-state index in [1.165, 1.54) is 17.3 Å². The summed E-state index contributed by atoms with van der Waals surface area (Å²) in [6.07, 6.45) is 4.65. The first-order chi connectivity index (χ1) is 16.5. The van der Waals surface area contributed by atoms with Crippen LogP contribution in [0.4, 0.5) is 4.39 Å². The minimum Gasteiger partial charge on any atom is -0.377 e. The molecule has 1 atom stereocenters. The second kappa shape index (κ2) is 9.14. The summed E-state index contributed by atoms with van der Waals surface area (Å²) in [5, 5.41) is 12.3. The lowest BCUT2D eigenvalue weighted by atomic mass is 9.99. The normalized spacial score (nSPS) is 16.1. The van der Waals surface area contributed by atoms with Gasteiger partial charge in [-0.2, -0.15) is 20.0 Å². The van der Waals surface area contributed by atoms with Crippen molar-refractivity contribution in [3.05, 3.63) is 77.2 Å². The first kappa shape index (κ1) is 21.9. The summed E-state index contributed by atoms with van der Waals surface area (Å²) >= 11 is 0. The Morgan fingerprint density at radius 2 is 1.94 bits per heavy atom. The third-order valence-electron chi connectivity index (χ3n) is 6.09. The van der Waals surface area contributed by atoms with Crippen molar-refractivity contribution >= 4 is 5.91 Å². The number of hydrogen-bond donors (Lipinski definition) is 0. The summed E-state index contributed by atoms with van der Waals surface area (Å²) in [5.74, 6) is -0.156. The monoisotopic (exact) mass is 462 g/mol. The predicted octanol–water partition coefficient (Wildman–Crippen LogP) is 3.16. The molecular formula is C24H23FN6O3. The molecule has 0 N–H and O–H groups in total. The van der Waals surface area contributed by atoms with Gasteiger partial charge in [0.05, 0.1) is 42.9 Å². The molecule has 174 valence electrons. The van der Waals surface area contributed by atoms with Gasteiger partial charge in [-0.25, -0.2) is 4.39 Å². The van der Waals surface area contributed by atoms with E-state index in [9.17, 15) is 9.18 Å². The maximum atomic E-state index is 14.7. The van der Waals surface area contributed by atoms with Gasteiger partial charge in [-0.3, -0.25) is 4.79 Å². The first-order valence-corrected chi connectivity index (χ1v) is 10.9. The van der Waals surface area contributed by atoms with E-state index in [0.717, 1.165) is 11.1 Å². The van der Waals surface area contributed by atoms with Crippen LogP contribution in [0.15, 0.2) is 53.6 Å². The molecule has 3 heterocycles. The van der Waals surface area contributed by atoms with Gasteiger partial charge < -0.3 is 14.2 Å². The molecule has 0 spiro atoms. The maximum Gasteiger partial charge on any atom is 0.256 e. The smallest absolute Gasteiger partial charge is 0.256 e. The van der Waals surface area contributed by atoms with Crippen LogP contribution in [0, 0.1) is 19.7 Å². The van der Waals surface area contributed by atoms with Crippen molar-refractivity contribution in [1.82, 2.24) is 30.0 Å². The molecular weight excluding hydrogens is 439 g/mol. The fourth-order valence-corrected chi connectivity index (χ4v) is 4.15. The van der Waals surface area contributed by atoms with Gasteiger partial charge in [-0.15, -0.1) is 0 Å². The molecule has 1 aliphatic rings. The molecule has 10 heteroatoms. The molecule has 9 nitrogen and oxygen atoms in total. The number of aryl methyl sites for hydroxylation is 2. The molecule has 4 aromatic rings. The Hall–Kier alpha value is -3.92.